The summed E-state index contributed by atoms with van der Waals surface area (Å²) in [5.41, 5.74) is -0.389. The van der Waals surface area contributed by atoms with Crippen molar-refractivity contribution in [3.8, 4) is 11.5 Å². The van der Waals surface area contributed by atoms with Gasteiger partial charge in [-0.05, 0) is 12.1 Å². The zero-order valence-corrected chi connectivity index (χ0v) is 12.6. The van der Waals surface area contributed by atoms with E-state index in [4.69, 9.17) is 9.47 Å². The number of benzene rings is 1. The maximum absolute atomic E-state index is 11.8. The topological polar surface area (TPSA) is 110 Å². The zero-order chi connectivity index (χ0) is 16.9. The van der Waals surface area contributed by atoms with E-state index in [1.165, 1.54) is 18.5 Å². The van der Waals surface area contributed by atoms with E-state index in [0.717, 1.165) is 0 Å². The minimum Gasteiger partial charge on any atom is -0.486 e. The van der Waals surface area contributed by atoms with Crippen LogP contribution in [0.5, 0.6) is 11.5 Å². The average Bonchev–Trinajstić information content (AvgIpc) is 2.61. The van der Waals surface area contributed by atoms with Crippen LogP contribution >= 0.6 is 0 Å². The average molecular weight is 329 g/mol. The van der Waals surface area contributed by atoms with Gasteiger partial charge in [0.1, 0.15) is 18.4 Å². The Hall–Kier alpha value is -3.29. The van der Waals surface area contributed by atoms with Gasteiger partial charge in [0.05, 0.1) is 6.54 Å². The van der Waals surface area contributed by atoms with Crippen molar-refractivity contribution in [3.05, 3.63) is 52.9 Å². The molecule has 1 aliphatic heterocycles. The third-order valence-electron chi connectivity index (χ3n) is 3.34. The van der Waals surface area contributed by atoms with E-state index in [0.29, 0.717) is 11.5 Å². The van der Waals surface area contributed by atoms with Crippen LogP contribution in [0.2, 0.25) is 0 Å². The van der Waals surface area contributed by atoms with Gasteiger partial charge in [0.25, 0.3) is 0 Å². The summed E-state index contributed by atoms with van der Waals surface area (Å²) < 4.78 is 11.2. The number of ether oxygens (including phenoxy) is 2. The molecule has 3 N–H and O–H groups in total. The van der Waals surface area contributed by atoms with Gasteiger partial charge in [-0.2, -0.15) is 0 Å². The molecule has 3 rings (SSSR count). The molecular formula is C16H15N3O5. The predicted molar refractivity (Wildman–Crippen MR) is 85.1 cm³/mol. The number of H-pyrrole nitrogens is 1. The standard InChI is InChI=1S/C16H15N3O5/c20-12-5-6-17-8-11(12)19-16(22)15(21)18-7-10-9-23-13-3-1-2-4-14(13)24-10/h1-6,8,10H,7,9H2,(H,17,20)(H,18,21)(H,19,22). The van der Waals surface area contributed by atoms with E-state index in [2.05, 4.69) is 15.6 Å². The van der Waals surface area contributed by atoms with Crippen molar-refractivity contribution >= 4 is 17.5 Å². The fraction of sp³-hybridized carbons (Fsp3) is 0.188. The van der Waals surface area contributed by atoms with Gasteiger partial charge < -0.3 is 25.1 Å². The second-order valence-electron chi connectivity index (χ2n) is 5.08. The number of carbonyl (C=O) groups is 2. The molecule has 2 heterocycles. The molecule has 0 bridgehead atoms. The third kappa shape index (κ3) is 3.54. The summed E-state index contributed by atoms with van der Waals surface area (Å²) in [4.78, 5) is 37.8. The molecule has 8 nitrogen and oxygen atoms in total. The number of nitrogens with one attached hydrogen (secondary N) is 3. The molecule has 1 aromatic carbocycles. The van der Waals surface area contributed by atoms with Crippen LogP contribution in [-0.2, 0) is 9.59 Å². The van der Waals surface area contributed by atoms with Gasteiger partial charge in [0, 0.05) is 18.5 Å². The first-order chi connectivity index (χ1) is 11.6. The molecule has 0 aliphatic carbocycles. The number of carbonyl (C=O) groups excluding carboxylic acids is 2. The quantitative estimate of drug-likeness (QED) is 0.700. The lowest BCUT2D eigenvalue weighted by atomic mass is 10.2. The highest BCUT2D eigenvalue weighted by Crippen LogP contribution is 2.30. The molecule has 1 atom stereocenters. The van der Waals surface area contributed by atoms with Crippen LogP contribution in [0.25, 0.3) is 0 Å². The summed E-state index contributed by atoms with van der Waals surface area (Å²) in [7, 11) is 0. The minimum absolute atomic E-state index is 0.00354. The lowest BCUT2D eigenvalue weighted by Gasteiger charge is -2.26. The Morgan fingerprint density at radius 3 is 2.75 bits per heavy atom. The highest BCUT2D eigenvalue weighted by Gasteiger charge is 2.22. The van der Waals surface area contributed by atoms with E-state index >= 15 is 0 Å². The molecule has 8 heteroatoms. The number of hydrogen-bond donors (Lipinski definition) is 3. The van der Waals surface area contributed by atoms with Gasteiger partial charge >= 0.3 is 11.8 Å². The van der Waals surface area contributed by atoms with Crippen molar-refractivity contribution < 1.29 is 19.1 Å². The molecule has 1 unspecified atom stereocenters. The molecule has 24 heavy (non-hydrogen) atoms. The van der Waals surface area contributed by atoms with Crippen molar-refractivity contribution in [1.29, 1.82) is 0 Å². The van der Waals surface area contributed by atoms with Crippen LogP contribution in [-0.4, -0.2) is 36.1 Å². The summed E-state index contributed by atoms with van der Waals surface area (Å²) >= 11 is 0. The van der Waals surface area contributed by atoms with Gasteiger partial charge in [-0.15, -0.1) is 0 Å². The van der Waals surface area contributed by atoms with Crippen LogP contribution in [0.3, 0.4) is 0 Å². The van der Waals surface area contributed by atoms with Crippen LogP contribution in [0, 0.1) is 0 Å². The lowest BCUT2D eigenvalue weighted by molar-refractivity contribution is -0.136. The van der Waals surface area contributed by atoms with Gasteiger partial charge in [-0.3, -0.25) is 14.4 Å². The third-order valence-corrected chi connectivity index (χ3v) is 3.34. The number of amides is 2. The van der Waals surface area contributed by atoms with Crippen molar-refractivity contribution in [1.82, 2.24) is 10.3 Å². The minimum atomic E-state index is -0.927. The molecule has 1 aliphatic rings. The number of hydrogen-bond acceptors (Lipinski definition) is 5. The Morgan fingerprint density at radius 2 is 1.96 bits per heavy atom. The van der Waals surface area contributed by atoms with Crippen molar-refractivity contribution in [2.75, 3.05) is 18.5 Å². The molecule has 124 valence electrons. The maximum atomic E-state index is 11.8. The van der Waals surface area contributed by atoms with Gasteiger partial charge in [0.2, 0.25) is 5.43 Å². The number of anilines is 1. The normalized spacial score (nSPS) is 15.4. The Balaban J connectivity index is 1.52. The smallest absolute Gasteiger partial charge is 0.313 e. The molecule has 0 saturated heterocycles. The largest absolute Gasteiger partial charge is 0.486 e. The van der Waals surface area contributed by atoms with Crippen LogP contribution in [0.15, 0.2) is 47.5 Å². The maximum Gasteiger partial charge on any atom is 0.313 e. The Labute approximate surface area is 136 Å². The highest BCUT2D eigenvalue weighted by atomic mass is 16.6. The number of rotatable bonds is 3. The molecule has 1 aromatic heterocycles. The second-order valence-corrected chi connectivity index (χ2v) is 5.08. The number of pyridine rings is 1. The first-order valence-electron chi connectivity index (χ1n) is 7.28. The Kier molecular flexibility index (Phi) is 4.46. The van der Waals surface area contributed by atoms with Crippen LogP contribution in [0.4, 0.5) is 5.69 Å². The molecule has 0 fully saturated rings. The van der Waals surface area contributed by atoms with Gasteiger partial charge in [0.15, 0.2) is 11.5 Å². The first kappa shape index (κ1) is 15.6. The van der Waals surface area contributed by atoms with E-state index < -0.39 is 23.3 Å². The van der Waals surface area contributed by atoms with E-state index in [-0.39, 0.29) is 18.8 Å². The van der Waals surface area contributed by atoms with Crippen molar-refractivity contribution in [2.45, 2.75) is 6.10 Å². The molecule has 0 radical (unpaired) electrons. The number of aromatic nitrogens is 1. The monoisotopic (exact) mass is 329 g/mol. The molecule has 0 saturated carbocycles. The number of aromatic amines is 1. The molecule has 2 aromatic rings. The van der Waals surface area contributed by atoms with Crippen LogP contribution in [0.1, 0.15) is 0 Å². The SMILES string of the molecule is O=C(NCC1COc2ccccc2O1)C(=O)Nc1c[nH]ccc1=O. The molecule has 0 spiro atoms. The molecule has 2 amide bonds. The number of para-hydroxylation sites is 2. The highest BCUT2D eigenvalue weighted by molar-refractivity contribution is 6.39. The summed E-state index contributed by atoms with van der Waals surface area (Å²) in [6.45, 7) is 0.364. The van der Waals surface area contributed by atoms with Gasteiger partial charge in [-0.1, -0.05) is 12.1 Å². The van der Waals surface area contributed by atoms with E-state index in [9.17, 15) is 14.4 Å². The van der Waals surface area contributed by atoms with Crippen molar-refractivity contribution in [3.63, 3.8) is 0 Å². The molecular weight excluding hydrogens is 314 g/mol. The summed E-state index contributed by atoms with van der Waals surface area (Å²) in [6, 6.07) is 8.44. The Morgan fingerprint density at radius 1 is 1.17 bits per heavy atom. The predicted octanol–water partition coefficient (Wildman–Crippen LogP) is 0.270. The Bertz CT molecular complexity index is 817. The lowest BCUT2D eigenvalue weighted by Crippen LogP contribution is -2.44. The van der Waals surface area contributed by atoms with Gasteiger partial charge in [-0.25, -0.2) is 0 Å². The first-order valence-corrected chi connectivity index (χ1v) is 7.28. The summed E-state index contributed by atoms with van der Waals surface area (Å²) in [5.74, 6) is -0.561. The fourth-order valence-corrected chi connectivity index (χ4v) is 2.14. The van der Waals surface area contributed by atoms with Crippen molar-refractivity contribution in [2.24, 2.45) is 0 Å². The van der Waals surface area contributed by atoms with Crippen LogP contribution < -0.4 is 25.5 Å². The van der Waals surface area contributed by atoms with E-state index in [1.54, 1.807) is 12.1 Å². The van der Waals surface area contributed by atoms with E-state index in [1.807, 2.05) is 12.1 Å². The summed E-state index contributed by atoms with van der Waals surface area (Å²) in [5, 5.41) is 4.70. The summed E-state index contributed by atoms with van der Waals surface area (Å²) in [6.07, 6.45) is 2.33. The number of fused-ring (bicyclic) bond motifs is 1. The fourth-order valence-electron chi connectivity index (χ4n) is 2.14. The second kappa shape index (κ2) is 6.86. The zero-order valence-electron chi connectivity index (χ0n) is 12.6.